The molecule has 1 amide bonds. The van der Waals surface area contributed by atoms with Crippen molar-refractivity contribution in [2.24, 2.45) is 0 Å². The summed E-state index contributed by atoms with van der Waals surface area (Å²) in [4.78, 5) is 33.5. The lowest BCUT2D eigenvalue weighted by Crippen LogP contribution is -2.37. The minimum Gasteiger partial charge on any atom is -0.424 e. The first-order chi connectivity index (χ1) is 15.4. The Hall–Kier alpha value is -3.79. The third-order valence-electron chi connectivity index (χ3n) is 4.99. The second-order valence-electron chi connectivity index (χ2n) is 7.59. The first-order valence-electron chi connectivity index (χ1n) is 10.2. The summed E-state index contributed by atoms with van der Waals surface area (Å²) >= 11 is 0. The van der Waals surface area contributed by atoms with E-state index in [9.17, 15) is 4.79 Å². The van der Waals surface area contributed by atoms with Crippen molar-refractivity contribution in [1.82, 2.24) is 24.8 Å². The summed E-state index contributed by atoms with van der Waals surface area (Å²) < 4.78 is 11.4. The lowest BCUT2D eigenvalue weighted by molar-refractivity contribution is 0.0827. The van der Waals surface area contributed by atoms with Crippen LogP contribution in [0, 0.1) is 6.92 Å². The Morgan fingerprint density at radius 1 is 1.12 bits per heavy atom. The number of carbonyl (C=O) groups excluding carboxylic acids is 1. The molecule has 0 unspecified atom stereocenters. The Balaban J connectivity index is 1.68. The Kier molecular flexibility index (Phi) is 6.13. The van der Waals surface area contributed by atoms with E-state index in [1.54, 1.807) is 50.6 Å². The van der Waals surface area contributed by atoms with Crippen LogP contribution in [-0.2, 0) is 4.74 Å². The molecule has 4 rings (SSSR count). The number of amides is 1. The summed E-state index contributed by atoms with van der Waals surface area (Å²) in [5, 5.41) is 0. The molecule has 1 fully saturated rings. The van der Waals surface area contributed by atoms with Crippen molar-refractivity contribution in [3.05, 3.63) is 47.7 Å². The molecule has 1 aliphatic rings. The van der Waals surface area contributed by atoms with Crippen LogP contribution < -0.4 is 15.4 Å². The summed E-state index contributed by atoms with van der Waals surface area (Å²) in [5.41, 5.74) is 8.01. The molecule has 1 aromatic carbocycles. The second-order valence-corrected chi connectivity index (χ2v) is 7.59. The zero-order chi connectivity index (χ0) is 22.7. The van der Waals surface area contributed by atoms with E-state index in [4.69, 9.17) is 15.2 Å². The average Bonchev–Trinajstić information content (AvgIpc) is 2.79. The van der Waals surface area contributed by atoms with Gasteiger partial charge in [-0.05, 0) is 42.8 Å². The molecule has 166 valence electrons. The Labute approximate surface area is 186 Å². The minimum atomic E-state index is -0.0834. The quantitative estimate of drug-likeness (QED) is 0.643. The Morgan fingerprint density at radius 3 is 2.50 bits per heavy atom. The summed E-state index contributed by atoms with van der Waals surface area (Å²) in [6.07, 6.45) is 1.65. The van der Waals surface area contributed by atoms with E-state index in [1.807, 2.05) is 11.8 Å². The molecule has 1 saturated heterocycles. The molecule has 2 N–H and O–H groups in total. The van der Waals surface area contributed by atoms with Gasteiger partial charge in [0.2, 0.25) is 5.95 Å². The van der Waals surface area contributed by atoms with E-state index in [0.29, 0.717) is 55.2 Å². The number of nitrogens with two attached hydrogens (primary N) is 1. The number of hydrogen-bond acceptors (Lipinski definition) is 9. The molecule has 0 spiro atoms. The number of hydrogen-bond donors (Lipinski definition) is 1. The molecule has 10 heteroatoms. The fourth-order valence-electron chi connectivity index (χ4n) is 3.26. The number of carbonyl (C=O) groups is 1. The number of morpholine rings is 1. The lowest BCUT2D eigenvalue weighted by atomic mass is 10.1. The summed E-state index contributed by atoms with van der Waals surface area (Å²) in [7, 11) is 3.42. The van der Waals surface area contributed by atoms with Gasteiger partial charge in [0.05, 0.1) is 13.2 Å². The lowest BCUT2D eigenvalue weighted by Gasteiger charge is -2.27. The summed E-state index contributed by atoms with van der Waals surface area (Å²) in [5.74, 6) is 1.81. The van der Waals surface area contributed by atoms with Gasteiger partial charge in [0.15, 0.2) is 5.82 Å². The van der Waals surface area contributed by atoms with Crippen molar-refractivity contribution in [2.75, 3.05) is 51.0 Å². The SMILES string of the molecule is Cc1cc(N)ncc1-c1nc(Oc2ccc(C(=O)N(C)C)cc2)nc(N2CCOCC2)n1. The van der Waals surface area contributed by atoms with Crippen molar-refractivity contribution < 1.29 is 14.3 Å². The number of ether oxygens (including phenoxy) is 2. The third kappa shape index (κ3) is 4.75. The number of anilines is 2. The normalized spacial score (nSPS) is 13.7. The smallest absolute Gasteiger partial charge is 0.327 e. The number of nitrogens with zero attached hydrogens (tertiary/aromatic N) is 6. The first kappa shape index (κ1) is 21.4. The predicted molar refractivity (Wildman–Crippen MR) is 120 cm³/mol. The van der Waals surface area contributed by atoms with Crippen LogP contribution in [0.3, 0.4) is 0 Å². The number of benzene rings is 1. The molecule has 10 nitrogen and oxygen atoms in total. The van der Waals surface area contributed by atoms with E-state index < -0.39 is 0 Å². The van der Waals surface area contributed by atoms with Crippen LogP contribution in [0.4, 0.5) is 11.8 Å². The average molecular weight is 435 g/mol. The zero-order valence-corrected chi connectivity index (χ0v) is 18.3. The van der Waals surface area contributed by atoms with Crippen LogP contribution in [0.25, 0.3) is 11.4 Å². The fraction of sp³-hybridized carbons (Fsp3) is 0.318. The topological polar surface area (TPSA) is 120 Å². The van der Waals surface area contributed by atoms with E-state index in [-0.39, 0.29) is 11.9 Å². The largest absolute Gasteiger partial charge is 0.424 e. The molecule has 0 atom stereocenters. The van der Waals surface area contributed by atoms with Gasteiger partial charge in [-0.25, -0.2) is 4.98 Å². The highest BCUT2D eigenvalue weighted by molar-refractivity contribution is 5.93. The molecular weight excluding hydrogens is 410 g/mol. The number of rotatable bonds is 5. The maximum atomic E-state index is 12.1. The predicted octanol–water partition coefficient (Wildman–Crippen LogP) is 2.15. The molecule has 2 aromatic heterocycles. The molecule has 3 heterocycles. The van der Waals surface area contributed by atoms with Gasteiger partial charge in [-0.15, -0.1) is 0 Å². The van der Waals surface area contributed by atoms with Gasteiger partial charge in [0, 0.05) is 44.5 Å². The van der Waals surface area contributed by atoms with E-state index in [0.717, 1.165) is 11.1 Å². The van der Waals surface area contributed by atoms with Gasteiger partial charge in [-0.2, -0.15) is 15.0 Å². The summed E-state index contributed by atoms with van der Waals surface area (Å²) in [6.45, 7) is 4.46. The molecule has 0 aliphatic carbocycles. The summed E-state index contributed by atoms with van der Waals surface area (Å²) in [6, 6.07) is 8.76. The van der Waals surface area contributed by atoms with Crippen LogP contribution in [0.5, 0.6) is 11.8 Å². The van der Waals surface area contributed by atoms with Gasteiger partial charge in [-0.3, -0.25) is 4.79 Å². The van der Waals surface area contributed by atoms with Crippen LogP contribution in [0.1, 0.15) is 15.9 Å². The monoisotopic (exact) mass is 435 g/mol. The van der Waals surface area contributed by atoms with E-state index in [2.05, 4.69) is 19.9 Å². The number of nitrogen functional groups attached to an aromatic ring is 1. The first-order valence-corrected chi connectivity index (χ1v) is 10.2. The fourth-order valence-corrected chi connectivity index (χ4v) is 3.26. The molecular formula is C22H25N7O3. The van der Waals surface area contributed by atoms with Crippen LogP contribution in [0.15, 0.2) is 36.5 Å². The molecule has 3 aromatic rings. The molecule has 0 bridgehead atoms. The van der Waals surface area contributed by atoms with Gasteiger partial charge in [0.1, 0.15) is 11.6 Å². The molecule has 0 radical (unpaired) electrons. The minimum absolute atomic E-state index is 0.0834. The Bertz CT molecular complexity index is 1110. The van der Waals surface area contributed by atoms with E-state index >= 15 is 0 Å². The third-order valence-corrected chi connectivity index (χ3v) is 4.99. The number of aryl methyl sites for hydroxylation is 1. The van der Waals surface area contributed by atoms with Crippen molar-refractivity contribution in [3.8, 4) is 23.1 Å². The van der Waals surface area contributed by atoms with Crippen LogP contribution in [0.2, 0.25) is 0 Å². The van der Waals surface area contributed by atoms with Crippen LogP contribution >= 0.6 is 0 Å². The number of pyridine rings is 1. The van der Waals surface area contributed by atoms with Gasteiger partial charge >= 0.3 is 6.01 Å². The highest BCUT2D eigenvalue weighted by Gasteiger charge is 2.19. The number of aromatic nitrogens is 4. The molecule has 0 saturated carbocycles. The van der Waals surface area contributed by atoms with Crippen molar-refractivity contribution >= 4 is 17.7 Å². The van der Waals surface area contributed by atoms with E-state index in [1.165, 1.54) is 4.90 Å². The van der Waals surface area contributed by atoms with Gasteiger partial charge < -0.3 is 25.0 Å². The molecule has 32 heavy (non-hydrogen) atoms. The molecule has 1 aliphatic heterocycles. The highest BCUT2D eigenvalue weighted by atomic mass is 16.5. The van der Waals surface area contributed by atoms with Crippen LogP contribution in [-0.4, -0.2) is 71.1 Å². The van der Waals surface area contributed by atoms with Gasteiger partial charge in [0.25, 0.3) is 5.91 Å². The van der Waals surface area contributed by atoms with Crippen molar-refractivity contribution in [2.45, 2.75) is 6.92 Å². The second kappa shape index (κ2) is 9.15. The van der Waals surface area contributed by atoms with Crippen molar-refractivity contribution in [1.29, 1.82) is 0 Å². The highest BCUT2D eigenvalue weighted by Crippen LogP contribution is 2.27. The van der Waals surface area contributed by atoms with Crippen molar-refractivity contribution in [3.63, 3.8) is 0 Å². The zero-order valence-electron chi connectivity index (χ0n) is 18.3. The van der Waals surface area contributed by atoms with Gasteiger partial charge in [-0.1, -0.05) is 0 Å². The maximum absolute atomic E-state index is 12.1. The standard InChI is InChI=1S/C22H25N7O3/c1-14-12-18(23)24-13-17(14)19-25-21(29-8-10-31-11-9-29)27-22(26-19)32-16-6-4-15(5-7-16)20(30)28(2)3/h4-7,12-13H,8-11H2,1-3H3,(H2,23,24). The Morgan fingerprint density at radius 2 is 1.84 bits per heavy atom. The maximum Gasteiger partial charge on any atom is 0.327 e.